The second kappa shape index (κ2) is 13.8. The van der Waals surface area contributed by atoms with Crippen molar-refractivity contribution in [2.24, 2.45) is 4.99 Å². The number of carbonyl (C=O) groups excluding carboxylic acids is 1. The second-order valence-electron chi connectivity index (χ2n) is 5.69. The zero-order valence-corrected chi connectivity index (χ0v) is 18.1. The largest absolute Gasteiger partial charge is 0.494 e. The van der Waals surface area contributed by atoms with Crippen LogP contribution < -0.4 is 20.7 Å². The first kappa shape index (κ1) is 23.7. The van der Waals surface area contributed by atoms with Gasteiger partial charge in [-0.05, 0) is 49.7 Å². The summed E-state index contributed by atoms with van der Waals surface area (Å²) >= 11 is 0. The molecule has 1 amide bonds. The molecule has 28 heavy (non-hydrogen) atoms. The molecule has 0 unspecified atom stereocenters. The Balaban J connectivity index is 0.00000392. The quantitative estimate of drug-likeness (QED) is 0.214. The molecule has 0 aliphatic rings. The van der Waals surface area contributed by atoms with Crippen LogP contribution >= 0.6 is 24.0 Å². The molecule has 0 saturated heterocycles. The molecule has 2 aromatic rings. The van der Waals surface area contributed by atoms with Gasteiger partial charge < -0.3 is 20.7 Å². The smallest absolute Gasteiger partial charge is 0.246 e. The highest BCUT2D eigenvalue weighted by Crippen LogP contribution is 2.08. The molecule has 6 nitrogen and oxygen atoms in total. The number of ether oxygens (including phenoxy) is 1. The van der Waals surface area contributed by atoms with Gasteiger partial charge in [-0.2, -0.15) is 0 Å². The van der Waals surface area contributed by atoms with Crippen molar-refractivity contribution in [3.05, 3.63) is 60.4 Å². The number of amides is 1. The van der Waals surface area contributed by atoms with E-state index < -0.39 is 0 Å². The van der Waals surface area contributed by atoms with Crippen LogP contribution in [0.25, 0.3) is 0 Å². The Morgan fingerprint density at radius 2 is 1.79 bits per heavy atom. The van der Waals surface area contributed by atoms with Crippen LogP contribution in [-0.2, 0) is 4.79 Å². The van der Waals surface area contributed by atoms with Crippen molar-refractivity contribution >= 4 is 41.5 Å². The molecule has 2 aromatic carbocycles. The Morgan fingerprint density at radius 1 is 1.07 bits per heavy atom. The van der Waals surface area contributed by atoms with Crippen LogP contribution in [0.4, 0.5) is 10.1 Å². The van der Waals surface area contributed by atoms with Crippen LogP contribution in [0.5, 0.6) is 5.75 Å². The van der Waals surface area contributed by atoms with E-state index in [-0.39, 0.29) is 42.2 Å². The van der Waals surface area contributed by atoms with E-state index in [9.17, 15) is 9.18 Å². The first-order valence-corrected chi connectivity index (χ1v) is 8.93. The van der Waals surface area contributed by atoms with Gasteiger partial charge in [-0.25, -0.2) is 9.38 Å². The zero-order chi connectivity index (χ0) is 19.3. The minimum Gasteiger partial charge on any atom is -0.494 e. The normalized spacial score (nSPS) is 10.6. The van der Waals surface area contributed by atoms with Gasteiger partial charge in [0.2, 0.25) is 5.91 Å². The molecule has 0 radical (unpaired) electrons. The van der Waals surface area contributed by atoms with Crippen molar-refractivity contribution in [3.8, 4) is 5.75 Å². The van der Waals surface area contributed by atoms with Crippen LogP contribution in [0.2, 0.25) is 0 Å². The van der Waals surface area contributed by atoms with Crippen LogP contribution in [0.3, 0.4) is 0 Å². The van der Waals surface area contributed by atoms with Crippen molar-refractivity contribution in [1.82, 2.24) is 10.6 Å². The highest BCUT2D eigenvalue weighted by atomic mass is 127. The molecule has 0 aliphatic carbocycles. The van der Waals surface area contributed by atoms with Crippen molar-refractivity contribution in [3.63, 3.8) is 0 Å². The summed E-state index contributed by atoms with van der Waals surface area (Å²) in [5.41, 5.74) is 0.535. The minimum atomic E-state index is -0.346. The Bertz CT molecular complexity index is 727. The van der Waals surface area contributed by atoms with Gasteiger partial charge in [0, 0.05) is 18.8 Å². The molecule has 0 saturated carbocycles. The van der Waals surface area contributed by atoms with Gasteiger partial charge >= 0.3 is 0 Å². The van der Waals surface area contributed by atoms with Crippen molar-refractivity contribution in [1.29, 1.82) is 0 Å². The number of halogens is 2. The number of hydrogen-bond donors (Lipinski definition) is 3. The van der Waals surface area contributed by atoms with E-state index in [1.165, 1.54) is 24.3 Å². The Labute approximate surface area is 182 Å². The third-order valence-electron chi connectivity index (χ3n) is 3.48. The zero-order valence-electron chi connectivity index (χ0n) is 15.8. The summed E-state index contributed by atoms with van der Waals surface area (Å²) in [4.78, 5) is 16.2. The summed E-state index contributed by atoms with van der Waals surface area (Å²) in [6.07, 6.45) is 0.793. The monoisotopic (exact) mass is 500 g/mol. The van der Waals surface area contributed by atoms with Gasteiger partial charge in [-0.3, -0.25) is 4.79 Å². The van der Waals surface area contributed by atoms with E-state index in [4.69, 9.17) is 4.74 Å². The van der Waals surface area contributed by atoms with Gasteiger partial charge in [0.1, 0.15) is 18.1 Å². The number of anilines is 1. The number of benzene rings is 2. The number of para-hydroxylation sites is 1. The number of hydrogen-bond acceptors (Lipinski definition) is 3. The molecular weight excluding hydrogens is 474 g/mol. The summed E-state index contributed by atoms with van der Waals surface area (Å²) in [5.74, 6) is 0.786. The lowest BCUT2D eigenvalue weighted by Gasteiger charge is -2.12. The average Bonchev–Trinajstić information content (AvgIpc) is 2.68. The van der Waals surface area contributed by atoms with E-state index in [0.717, 1.165) is 12.2 Å². The molecule has 0 spiro atoms. The summed E-state index contributed by atoms with van der Waals surface area (Å²) in [5, 5.41) is 8.92. The van der Waals surface area contributed by atoms with Gasteiger partial charge in [0.25, 0.3) is 0 Å². The third-order valence-corrected chi connectivity index (χ3v) is 3.48. The van der Waals surface area contributed by atoms with E-state index >= 15 is 0 Å². The van der Waals surface area contributed by atoms with Gasteiger partial charge in [0.15, 0.2) is 5.96 Å². The predicted octanol–water partition coefficient (Wildman–Crippen LogP) is 3.41. The van der Waals surface area contributed by atoms with Gasteiger partial charge in [0.05, 0.1) is 6.61 Å². The molecule has 0 aliphatic heterocycles. The molecule has 0 aromatic heterocycles. The van der Waals surface area contributed by atoms with E-state index in [0.29, 0.717) is 31.3 Å². The van der Waals surface area contributed by atoms with Crippen molar-refractivity contribution in [2.45, 2.75) is 13.3 Å². The second-order valence-corrected chi connectivity index (χ2v) is 5.69. The molecule has 152 valence electrons. The summed E-state index contributed by atoms with van der Waals surface area (Å²) in [7, 11) is 0. The van der Waals surface area contributed by atoms with Crippen LogP contribution in [0, 0.1) is 5.82 Å². The number of guanidine groups is 1. The highest BCUT2D eigenvalue weighted by molar-refractivity contribution is 14.0. The summed E-state index contributed by atoms with van der Waals surface area (Å²) in [6, 6.07) is 15.2. The predicted molar refractivity (Wildman–Crippen MR) is 121 cm³/mol. The molecule has 0 atom stereocenters. The maximum absolute atomic E-state index is 12.9. The molecular formula is C20H26FIN4O2. The summed E-state index contributed by atoms with van der Waals surface area (Å²) < 4.78 is 18.5. The Kier molecular flexibility index (Phi) is 11.6. The molecule has 0 heterocycles. The SMILES string of the molecule is CCNC(=NCC(=O)Nc1ccc(F)cc1)NCCCOc1ccccc1.I. The fraction of sp³-hybridized carbons (Fsp3) is 0.300. The number of nitrogens with zero attached hydrogens (tertiary/aromatic N) is 1. The molecule has 2 rings (SSSR count). The topological polar surface area (TPSA) is 74.8 Å². The standard InChI is InChI=1S/C20H25FN4O2.HI/c1-2-22-20(23-13-6-14-27-18-7-4-3-5-8-18)24-15-19(26)25-17-11-9-16(21)10-12-17;/h3-5,7-12H,2,6,13-15H2,1H3,(H,25,26)(H2,22,23,24);1H. The number of aliphatic imine (C=N–C) groups is 1. The number of nitrogens with one attached hydrogen (secondary N) is 3. The van der Waals surface area contributed by atoms with E-state index in [1.54, 1.807) is 0 Å². The third kappa shape index (κ3) is 9.54. The summed E-state index contributed by atoms with van der Waals surface area (Å²) in [6.45, 7) is 3.85. The maximum atomic E-state index is 12.9. The van der Waals surface area contributed by atoms with Crippen molar-refractivity contribution < 1.29 is 13.9 Å². The maximum Gasteiger partial charge on any atom is 0.246 e. The number of carbonyl (C=O) groups is 1. The number of rotatable bonds is 9. The highest BCUT2D eigenvalue weighted by Gasteiger charge is 2.03. The van der Waals surface area contributed by atoms with Gasteiger partial charge in [-0.1, -0.05) is 18.2 Å². The molecule has 0 bridgehead atoms. The van der Waals surface area contributed by atoms with Crippen molar-refractivity contribution in [2.75, 3.05) is 31.6 Å². The molecule has 0 fully saturated rings. The average molecular weight is 500 g/mol. The van der Waals surface area contributed by atoms with Crippen LogP contribution in [0.1, 0.15) is 13.3 Å². The lowest BCUT2D eigenvalue weighted by atomic mass is 10.3. The molecule has 3 N–H and O–H groups in total. The lowest BCUT2D eigenvalue weighted by molar-refractivity contribution is -0.114. The Hall–Kier alpha value is -2.36. The fourth-order valence-corrected chi connectivity index (χ4v) is 2.21. The minimum absolute atomic E-state index is 0. The fourth-order valence-electron chi connectivity index (χ4n) is 2.21. The van der Waals surface area contributed by atoms with Crippen LogP contribution in [-0.4, -0.2) is 38.1 Å². The van der Waals surface area contributed by atoms with Gasteiger partial charge in [-0.15, -0.1) is 24.0 Å². The van der Waals surface area contributed by atoms with E-state index in [1.807, 2.05) is 37.3 Å². The molecule has 8 heteroatoms. The first-order chi connectivity index (χ1) is 13.2. The Morgan fingerprint density at radius 3 is 2.46 bits per heavy atom. The first-order valence-electron chi connectivity index (χ1n) is 8.93. The van der Waals surface area contributed by atoms with E-state index in [2.05, 4.69) is 20.9 Å². The van der Waals surface area contributed by atoms with Crippen LogP contribution in [0.15, 0.2) is 59.6 Å². The lowest BCUT2D eigenvalue weighted by Crippen LogP contribution is -2.38.